The van der Waals surface area contributed by atoms with Gasteiger partial charge in [-0.3, -0.25) is 14.3 Å². The van der Waals surface area contributed by atoms with E-state index in [1.807, 2.05) is 13.8 Å². The Morgan fingerprint density at radius 3 is 2.69 bits per heavy atom. The van der Waals surface area contributed by atoms with E-state index in [0.29, 0.717) is 35.9 Å². The van der Waals surface area contributed by atoms with E-state index in [1.54, 1.807) is 36.1 Å². The number of nitrogens with zero attached hydrogens (tertiary/aromatic N) is 2. The van der Waals surface area contributed by atoms with Gasteiger partial charge in [-0.1, -0.05) is 0 Å². The zero-order chi connectivity index (χ0) is 25.2. The summed E-state index contributed by atoms with van der Waals surface area (Å²) in [4.78, 5) is 25.1. The lowest BCUT2D eigenvalue weighted by Gasteiger charge is -2.16. The van der Waals surface area contributed by atoms with Gasteiger partial charge in [0.25, 0.3) is 11.8 Å². The van der Waals surface area contributed by atoms with Crippen LogP contribution in [0.1, 0.15) is 40.1 Å². The van der Waals surface area contributed by atoms with E-state index in [0.717, 1.165) is 11.6 Å². The molecule has 0 radical (unpaired) electrons. The number of aryl methyl sites for hydroxylation is 1. The number of nitrogens with one attached hydrogen (secondary N) is 2. The first-order chi connectivity index (χ1) is 16.6. The van der Waals surface area contributed by atoms with Crippen LogP contribution in [0.15, 0.2) is 42.6 Å². The first kappa shape index (κ1) is 24.2. The van der Waals surface area contributed by atoms with Crippen LogP contribution in [0.25, 0.3) is 0 Å². The topological polar surface area (TPSA) is 104 Å². The number of carbonyl (C=O) groups is 2. The van der Waals surface area contributed by atoms with Gasteiger partial charge in [-0.05, 0) is 38.1 Å². The van der Waals surface area contributed by atoms with Gasteiger partial charge in [0, 0.05) is 56.6 Å². The molecule has 0 saturated heterocycles. The van der Waals surface area contributed by atoms with Crippen LogP contribution >= 0.6 is 0 Å². The second kappa shape index (κ2) is 9.75. The van der Waals surface area contributed by atoms with Crippen molar-refractivity contribution in [3.63, 3.8) is 0 Å². The third kappa shape index (κ3) is 5.60. The molecule has 0 unspecified atom stereocenters. The zero-order valence-electron chi connectivity index (χ0n) is 20.0. The van der Waals surface area contributed by atoms with E-state index < -0.39 is 17.3 Å². The molecule has 4 rings (SSSR count). The number of aromatic nitrogens is 2. The number of benzene rings is 2. The molecule has 2 N–H and O–H groups in total. The average molecular weight is 483 g/mol. The van der Waals surface area contributed by atoms with E-state index in [4.69, 9.17) is 14.2 Å². The molecule has 0 atom stereocenters. The van der Waals surface area contributed by atoms with Gasteiger partial charge in [-0.15, -0.1) is 0 Å². The highest BCUT2D eigenvalue weighted by Gasteiger charge is 2.34. The number of anilines is 1. The fourth-order valence-electron chi connectivity index (χ4n) is 3.77. The molecule has 35 heavy (non-hydrogen) atoms. The number of amides is 2. The summed E-state index contributed by atoms with van der Waals surface area (Å²) in [5, 5.41) is 9.48. The Morgan fingerprint density at radius 2 is 2.00 bits per heavy atom. The highest BCUT2D eigenvalue weighted by molar-refractivity contribution is 6.04. The third-order valence-corrected chi connectivity index (χ3v) is 5.38. The van der Waals surface area contributed by atoms with Gasteiger partial charge in [0.1, 0.15) is 28.7 Å². The normalized spacial score (nSPS) is 13.6. The van der Waals surface area contributed by atoms with Crippen molar-refractivity contribution in [3.05, 3.63) is 65.1 Å². The van der Waals surface area contributed by atoms with E-state index in [1.165, 1.54) is 19.2 Å². The molecule has 1 aliphatic rings. The van der Waals surface area contributed by atoms with Gasteiger partial charge in [0.05, 0.1) is 12.2 Å². The number of rotatable bonds is 8. The number of hydrogen-bond donors (Lipinski definition) is 2. The van der Waals surface area contributed by atoms with Gasteiger partial charge in [-0.2, -0.15) is 5.10 Å². The molecule has 2 amide bonds. The molecule has 1 aliphatic heterocycles. The van der Waals surface area contributed by atoms with Crippen molar-refractivity contribution in [1.82, 2.24) is 15.1 Å². The molecule has 184 valence electrons. The molecule has 0 aliphatic carbocycles. The minimum absolute atomic E-state index is 0.105. The fourth-order valence-corrected chi connectivity index (χ4v) is 3.77. The Balaban J connectivity index is 1.60. The summed E-state index contributed by atoms with van der Waals surface area (Å²) in [6, 6.07) is 8.92. The Kier molecular flexibility index (Phi) is 6.74. The largest absolute Gasteiger partial charge is 0.487 e. The molecule has 0 spiro atoms. The monoisotopic (exact) mass is 482 g/mol. The van der Waals surface area contributed by atoms with Crippen molar-refractivity contribution in [3.8, 4) is 17.2 Å². The van der Waals surface area contributed by atoms with E-state index in [2.05, 4.69) is 15.7 Å². The molecule has 0 bridgehead atoms. The zero-order valence-corrected chi connectivity index (χ0v) is 20.0. The molecule has 3 aromatic rings. The lowest BCUT2D eigenvalue weighted by atomic mass is 9.99. The van der Waals surface area contributed by atoms with Crippen molar-refractivity contribution in [2.75, 3.05) is 25.6 Å². The van der Waals surface area contributed by atoms with Crippen LogP contribution < -0.4 is 20.1 Å². The van der Waals surface area contributed by atoms with Crippen LogP contribution in [0.5, 0.6) is 17.2 Å². The first-order valence-corrected chi connectivity index (χ1v) is 11.1. The molecule has 1 aromatic heterocycles. The van der Waals surface area contributed by atoms with Gasteiger partial charge >= 0.3 is 0 Å². The summed E-state index contributed by atoms with van der Waals surface area (Å²) in [7, 11) is 3.26. The van der Waals surface area contributed by atoms with Crippen LogP contribution in [0.3, 0.4) is 0 Å². The summed E-state index contributed by atoms with van der Waals surface area (Å²) in [6.45, 7) is 4.45. The van der Waals surface area contributed by atoms with E-state index >= 15 is 0 Å². The third-order valence-electron chi connectivity index (χ3n) is 5.38. The second-order valence-electron chi connectivity index (χ2n) is 8.81. The smallest absolute Gasteiger partial charge is 0.257 e. The van der Waals surface area contributed by atoms with Crippen molar-refractivity contribution in [2.24, 2.45) is 7.05 Å². The SMILES string of the molecule is COCCNC(=O)c1ccc(Oc2cc(C(=O)Nc3ccn(C)n3)cc3c2CC(C)(C)O3)cc1F. The maximum absolute atomic E-state index is 14.7. The van der Waals surface area contributed by atoms with Crippen LogP contribution in [-0.4, -0.2) is 47.5 Å². The maximum atomic E-state index is 14.7. The van der Waals surface area contributed by atoms with E-state index in [9.17, 15) is 14.0 Å². The minimum atomic E-state index is -0.727. The van der Waals surface area contributed by atoms with Crippen LogP contribution in [0.4, 0.5) is 10.2 Å². The standard InChI is InChI=1S/C25H27FN4O5/c1-25(2)14-18-20(34-16-5-6-17(19(26)13-16)24(32)27-8-10-33-4)11-15(12-21(18)35-25)23(31)28-22-7-9-30(3)29-22/h5-7,9,11-13H,8,10,14H2,1-4H3,(H,27,32)(H,28,29,31). The number of fused-ring (bicyclic) bond motifs is 1. The number of halogens is 1. The summed E-state index contributed by atoms with van der Waals surface area (Å²) >= 11 is 0. The number of methoxy groups -OCH3 is 1. The number of hydrogen-bond acceptors (Lipinski definition) is 6. The molecule has 0 saturated carbocycles. The highest BCUT2D eigenvalue weighted by Crippen LogP contribution is 2.43. The van der Waals surface area contributed by atoms with E-state index in [-0.39, 0.29) is 23.8 Å². The summed E-state index contributed by atoms with van der Waals surface area (Å²) < 4.78 is 33.2. The molecule has 2 aromatic carbocycles. The van der Waals surface area contributed by atoms with Crippen molar-refractivity contribution < 1.29 is 28.2 Å². The molecule has 9 nitrogen and oxygen atoms in total. The number of carbonyl (C=O) groups excluding carboxylic acids is 2. The molecular formula is C25H27FN4O5. The van der Waals surface area contributed by atoms with Crippen molar-refractivity contribution >= 4 is 17.6 Å². The van der Waals surface area contributed by atoms with Crippen LogP contribution in [-0.2, 0) is 18.2 Å². The molecular weight excluding hydrogens is 455 g/mol. The Morgan fingerprint density at radius 1 is 1.20 bits per heavy atom. The summed E-state index contributed by atoms with van der Waals surface area (Å²) in [6.07, 6.45) is 2.26. The quantitative estimate of drug-likeness (QED) is 0.475. The predicted octanol–water partition coefficient (Wildman–Crippen LogP) is 3.69. The molecule has 2 heterocycles. The Labute approximate surface area is 202 Å². The van der Waals surface area contributed by atoms with Gasteiger partial charge < -0.3 is 24.8 Å². The predicted molar refractivity (Wildman–Crippen MR) is 127 cm³/mol. The fraction of sp³-hybridized carbons (Fsp3) is 0.320. The van der Waals surface area contributed by atoms with Crippen molar-refractivity contribution in [2.45, 2.75) is 25.9 Å². The maximum Gasteiger partial charge on any atom is 0.257 e. The number of ether oxygens (including phenoxy) is 3. The Hall–Kier alpha value is -3.92. The minimum Gasteiger partial charge on any atom is -0.487 e. The second-order valence-corrected chi connectivity index (χ2v) is 8.81. The first-order valence-electron chi connectivity index (χ1n) is 11.1. The van der Waals surface area contributed by atoms with Crippen molar-refractivity contribution in [1.29, 1.82) is 0 Å². The van der Waals surface area contributed by atoms with Crippen LogP contribution in [0, 0.1) is 5.82 Å². The lowest BCUT2D eigenvalue weighted by molar-refractivity contribution is 0.0932. The molecule has 10 heteroatoms. The summed E-state index contributed by atoms with van der Waals surface area (Å²) in [5.74, 6) is -0.179. The van der Waals surface area contributed by atoms with Gasteiger partial charge in [0.2, 0.25) is 0 Å². The summed E-state index contributed by atoms with van der Waals surface area (Å²) in [5.41, 5.74) is 0.473. The van der Waals surface area contributed by atoms with Gasteiger partial charge in [0.15, 0.2) is 5.82 Å². The van der Waals surface area contributed by atoms with Gasteiger partial charge in [-0.25, -0.2) is 4.39 Å². The average Bonchev–Trinajstić information content (AvgIpc) is 3.34. The highest BCUT2D eigenvalue weighted by atomic mass is 19.1. The van der Waals surface area contributed by atoms with Crippen LogP contribution in [0.2, 0.25) is 0 Å². The Bertz CT molecular complexity index is 1270. The lowest BCUT2D eigenvalue weighted by Crippen LogP contribution is -2.27. The molecule has 0 fully saturated rings.